The minimum atomic E-state index is -0.448. The molecule has 19 heavy (non-hydrogen) atoms. The van der Waals surface area contributed by atoms with Crippen LogP contribution in [0.25, 0.3) is 0 Å². The maximum absolute atomic E-state index is 10.7. The monoisotopic (exact) mass is 264 g/mol. The predicted octanol–water partition coefficient (Wildman–Crippen LogP) is 1.71. The molecule has 1 aromatic rings. The van der Waals surface area contributed by atoms with Crippen molar-refractivity contribution in [2.75, 3.05) is 36.8 Å². The van der Waals surface area contributed by atoms with Gasteiger partial charge in [0.1, 0.15) is 5.69 Å². The summed E-state index contributed by atoms with van der Waals surface area (Å²) in [5.41, 5.74) is 6.91. The number of piperazine rings is 1. The van der Waals surface area contributed by atoms with E-state index in [1.165, 1.54) is 6.07 Å². The van der Waals surface area contributed by atoms with Crippen LogP contribution in [0.5, 0.6) is 0 Å². The van der Waals surface area contributed by atoms with Gasteiger partial charge in [-0.05, 0) is 25.6 Å². The number of nitrogens with two attached hydrogens (primary N) is 1. The molecule has 6 heteroatoms. The van der Waals surface area contributed by atoms with Crippen LogP contribution in [-0.4, -0.2) is 42.0 Å². The molecule has 1 aliphatic rings. The summed E-state index contributed by atoms with van der Waals surface area (Å²) < 4.78 is 0. The third kappa shape index (κ3) is 2.78. The van der Waals surface area contributed by atoms with Crippen molar-refractivity contribution < 1.29 is 4.92 Å². The highest BCUT2D eigenvalue weighted by molar-refractivity contribution is 5.66. The van der Waals surface area contributed by atoms with Gasteiger partial charge in [-0.25, -0.2) is 0 Å². The van der Waals surface area contributed by atoms with Crippen LogP contribution < -0.4 is 10.6 Å². The van der Waals surface area contributed by atoms with Crippen LogP contribution in [0.4, 0.5) is 17.1 Å². The predicted molar refractivity (Wildman–Crippen MR) is 76.4 cm³/mol. The molecule has 0 aliphatic carbocycles. The topological polar surface area (TPSA) is 75.6 Å². The van der Waals surface area contributed by atoms with E-state index in [1.807, 2.05) is 0 Å². The van der Waals surface area contributed by atoms with Gasteiger partial charge in [0.05, 0.1) is 4.92 Å². The molecule has 2 rings (SSSR count). The SMILES string of the molecule is CCN1CCN(c2ccc([N+](=O)[O-])c(N)c2)CC1C. The lowest BCUT2D eigenvalue weighted by atomic mass is 10.1. The zero-order chi connectivity index (χ0) is 14.0. The van der Waals surface area contributed by atoms with E-state index in [1.54, 1.807) is 12.1 Å². The summed E-state index contributed by atoms with van der Waals surface area (Å²) in [6.45, 7) is 8.27. The molecule has 6 nitrogen and oxygen atoms in total. The highest BCUT2D eigenvalue weighted by Crippen LogP contribution is 2.28. The van der Waals surface area contributed by atoms with Gasteiger partial charge in [0, 0.05) is 37.4 Å². The fourth-order valence-electron chi connectivity index (χ4n) is 2.60. The molecule has 1 saturated heterocycles. The first-order valence-corrected chi connectivity index (χ1v) is 6.55. The number of rotatable bonds is 3. The maximum Gasteiger partial charge on any atom is 0.292 e. The minimum Gasteiger partial charge on any atom is -0.393 e. The number of nitro benzene ring substituents is 1. The van der Waals surface area contributed by atoms with Crippen molar-refractivity contribution >= 4 is 17.1 Å². The molecule has 0 amide bonds. The number of nitrogen functional groups attached to an aromatic ring is 1. The lowest BCUT2D eigenvalue weighted by Crippen LogP contribution is -2.51. The first-order valence-electron chi connectivity index (χ1n) is 6.55. The summed E-state index contributed by atoms with van der Waals surface area (Å²) in [4.78, 5) is 15.0. The Kier molecular flexibility index (Phi) is 3.90. The average Bonchev–Trinajstić information content (AvgIpc) is 2.38. The van der Waals surface area contributed by atoms with Crippen molar-refractivity contribution in [3.63, 3.8) is 0 Å². The van der Waals surface area contributed by atoms with Crippen molar-refractivity contribution in [3.8, 4) is 0 Å². The quantitative estimate of drug-likeness (QED) is 0.511. The van der Waals surface area contributed by atoms with Crippen molar-refractivity contribution in [3.05, 3.63) is 28.3 Å². The molecule has 1 heterocycles. The number of nitrogens with zero attached hydrogens (tertiary/aromatic N) is 3. The molecule has 2 N–H and O–H groups in total. The summed E-state index contributed by atoms with van der Waals surface area (Å²) in [6.07, 6.45) is 0. The second-order valence-electron chi connectivity index (χ2n) is 4.92. The minimum absolute atomic E-state index is 0.0241. The van der Waals surface area contributed by atoms with Crippen LogP contribution in [-0.2, 0) is 0 Å². The van der Waals surface area contributed by atoms with E-state index >= 15 is 0 Å². The van der Waals surface area contributed by atoms with Crippen molar-refractivity contribution in [2.24, 2.45) is 0 Å². The Labute approximate surface area is 112 Å². The van der Waals surface area contributed by atoms with E-state index < -0.39 is 4.92 Å². The number of anilines is 2. The molecule has 1 unspecified atom stereocenters. The highest BCUT2D eigenvalue weighted by atomic mass is 16.6. The molecule has 0 aromatic heterocycles. The van der Waals surface area contributed by atoms with E-state index in [-0.39, 0.29) is 11.4 Å². The molecular formula is C13H20N4O2. The fraction of sp³-hybridized carbons (Fsp3) is 0.538. The summed E-state index contributed by atoms with van der Waals surface area (Å²) in [7, 11) is 0. The summed E-state index contributed by atoms with van der Waals surface area (Å²) >= 11 is 0. The Morgan fingerprint density at radius 1 is 1.47 bits per heavy atom. The van der Waals surface area contributed by atoms with E-state index in [0.717, 1.165) is 31.9 Å². The molecule has 1 aromatic carbocycles. The van der Waals surface area contributed by atoms with Crippen molar-refractivity contribution in [1.82, 2.24) is 4.90 Å². The van der Waals surface area contributed by atoms with Gasteiger partial charge in [0.15, 0.2) is 0 Å². The standard InChI is InChI=1S/C13H20N4O2/c1-3-15-6-7-16(9-10(15)2)11-4-5-13(17(18)19)12(14)8-11/h4-5,8,10H,3,6-7,9,14H2,1-2H3. The maximum atomic E-state index is 10.7. The Morgan fingerprint density at radius 2 is 2.21 bits per heavy atom. The van der Waals surface area contributed by atoms with Crippen molar-refractivity contribution in [1.29, 1.82) is 0 Å². The summed E-state index contributed by atoms with van der Waals surface area (Å²) in [5.74, 6) is 0. The van der Waals surface area contributed by atoms with Crippen LogP contribution in [0.15, 0.2) is 18.2 Å². The average molecular weight is 264 g/mol. The highest BCUT2D eigenvalue weighted by Gasteiger charge is 2.23. The number of benzene rings is 1. The molecular weight excluding hydrogens is 244 g/mol. The third-order valence-electron chi connectivity index (χ3n) is 3.74. The van der Waals surface area contributed by atoms with Crippen LogP contribution in [0.3, 0.4) is 0 Å². The molecule has 1 aliphatic heterocycles. The summed E-state index contributed by atoms with van der Waals surface area (Å²) in [5, 5.41) is 10.7. The number of hydrogen-bond donors (Lipinski definition) is 1. The lowest BCUT2D eigenvalue weighted by Gasteiger charge is -2.40. The van der Waals surface area contributed by atoms with E-state index in [4.69, 9.17) is 5.73 Å². The normalized spacial score (nSPS) is 20.5. The van der Waals surface area contributed by atoms with Crippen LogP contribution in [0.1, 0.15) is 13.8 Å². The molecule has 104 valence electrons. The number of hydrogen-bond acceptors (Lipinski definition) is 5. The van der Waals surface area contributed by atoms with E-state index in [2.05, 4.69) is 23.6 Å². The Bertz CT molecular complexity index is 478. The third-order valence-corrected chi connectivity index (χ3v) is 3.74. The molecule has 0 spiro atoms. The zero-order valence-corrected chi connectivity index (χ0v) is 11.4. The van der Waals surface area contributed by atoms with Gasteiger partial charge in [-0.3, -0.25) is 15.0 Å². The Hall–Kier alpha value is -1.82. The van der Waals surface area contributed by atoms with Gasteiger partial charge in [-0.2, -0.15) is 0 Å². The van der Waals surface area contributed by atoms with Gasteiger partial charge in [-0.1, -0.05) is 6.92 Å². The van der Waals surface area contributed by atoms with Crippen LogP contribution in [0, 0.1) is 10.1 Å². The number of nitro groups is 1. The fourth-order valence-corrected chi connectivity index (χ4v) is 2.60. The number of likely N-dealkylation sites (N-methyl/N-ethyl adjacent to an activating group) is 1. The van der Waals surface area contributed by atoms with Crippen LogP contribution >= 0.6 is 0 Å². The lowest BCUT2D eigenvalue weighted by molar-refractivity contribution is -0.383. The van der Waals surface area contributed by atoms with Gasteiger partial charge >= 0.3 is 0 Å². The molecule has 1 fully saturated rings. The first kappa shape index (κ1) is 13.6. The van der Waals surface area contributed by atoms with Gasteiger partial charge in [0.25, 0.3) is 5.69 Å². The van der Waals surface area contributed by atoms with E-state index in [0.29, 0.717) is 6.04 Å². The van der Waals surface area contributed by atoms with E-state index in [9.17, 15) is 10.1 Å². The van der Waals surface area contributed by atoms with Crippen molar-refractivity contribution in [2.45, 2.75) is 19.9 Å². The zero-order valence-electron chi connectivity index (χ0n) is 11.4. The van der Waals surface area contributed by atoms with Gasteiger partial charge in [0.2, 0.25) is 0 Å². The Morgan fingerprint density at radius 3 is 2.74 bits per heavy atom. The smallest absolute Gasteiger partial charge is 0.292 e. The molecule has 1 atom stereocenters. The van der Waals surface area contributed by atoms with Gasteiger partial charge in [-0.15, -0.1) is 0 Å². The second kappa shape index (κ2) is 5.44. The molecule has 0 saturated carbocycles. The second-order valence-corrected chi connectivity index (χ2v) is 4.92. The summed E-state index contributed by atoms with van der Waals surface area (Å²) in [6, 6.07) is 5.45. The molecule has 0 radical (unpaired) electrons. The van der Waals surface area contributed by atoms with Gasteiger partial charge < -0.3 is 10.6 Å². The Balaban J connectivity index is 2.15. The molecule has 0 bridgehead atoms. The first-order chi connectivity index (χ1) is 9.02. The van der Waals surface area contributed by atoms with Crippen LogP contribution in [0.2, 0.25) is 0 Å². The largest absolute Gasteiger partial charge is 0.393 e.